The van der Waals surface area contributed by atoms with Crippen molar-refractivity contribution in [3.8, 4) is 0 Å². The summed E-state index contributed by atoms with van der Waals surface area (Å²) >= 11 is 4.32. The summed E-state index contributed by atoms with van der Waals surface area (Å²) in [5.41, 5.74) is 0. The summed E-state index contributed by atoms with van der Waals surface area (Å²) in [5.74, 6) is -3.85. The average Bonchev–Trinajstić information content (AvgIpc) is 2.53. The highest BCUT2D eigenvalue weighted by Gasteiger charge is 2.31. The van der Waals surface area contributed by atoms with Crippen LogP contribution in [0.3, 0.4) is 0 Å². The van der Waals surface area contributed by atoms with Gasteiger partial charge in [-0.2, -0.15) is 0 Å². The van der Waals surface area contributed by atoms with Crippen LogP contribution in [0.25, 0.3) is 0 Å². The minimum atomic E-state index is -0.974. The van der Waals surface area contributed by atoms with Gasteiger partial charge in [0, 0.05) is 31.4 Å². The third-order valence-electron chi connectivity index (χ3n) is 3.33. The van der Waals surface area contributed by atoms with Crippen molar-refractivity contribution < 1.29 is 17.6 Å². The summed E-state index contributed by atoms with van der Waals surface area (Å²) in [7, 11) is -0.895. The van der Waals surface area contributed by atoms with Gasteiger partial charge in [0.25, 0.3) is 0 Å². The molecule has 128 valence electrons. The van der Waals surface area contributed by atoms with Crippen molar-refractivity contribution in [2.75, 3.05) is 0 Å². The van der Waals surface area contributed by atoms with E-state index in [1.807, 2.05) is 18.2 Å². The fourth-order valence-electron chi connectivity index (χ4n) is 2.26. The van der Waals surface area contributed by atoms with Crippen LogP contribution in [0.4, 0.5) is 17.6 Å². The zero-order valence-electron chi connectivity index (χ0n) is 12.4. The van der Waals surface area contributed by atoms with E-state index in [2.05, 4.69) is 45.2 Å². The molecule has 0 heterocycles. The van der Waals surface area contributed by atoms with Crippen molar-refractivity contribution in [2.45, 2.75) is 14.7 Å². The molecule has 3 aromatic carbocycles. The Balaban J connectivity index is 2.23. The van der Waals surface area contributed by atoms with Gasteiger partial charge in [-0.15, -0.1) is 0 Å². The monoisotopic (exact) mass is 587 g/mol. The number of hydrogen-bond donors (Lipinski definition) is 0. The molecule has 0 atom stereocenters. The molecule has 0 saturated carbocycles. The normalized spacial score (nSPS) is 11.2. The Morgan fingerprint density at radius 1 is 0.520 bits per heavy atom. The Bertz CT molecular complexity index is 875. The van der Waals surface area contributed by atoms with E-state index in [1.54, 1.807) is 0 Å². The molecular weight excluding hydrogens is 578 g/mol. The van der Waals surface area contributed by atoms with Gasteiger partial charge in [-0.05, 0) is 75.5 Å². The molecule has 0 unspecified atom stereocenters. The SMILES string of the molecule is Fc1ccc([S+](c2cc(I)cc(I)c2)c2ccc(F)c(F)c2)cc1F. The van der Waals surface area contributed by atoms with E-state index in [0.717, 1.165) is 36.3 Å². The summed E-state index contributed by atoms with van der Waals surface area (Å²) in [6, 6.07) is 13.0. The fraction of sp³-hybridized carbons (Fsp3) is 0. The molecule has 3 rings (SSSR count). The minimum absolute atomic E-state index is 0.489. The second-order valence-corrected chi connectivity index (χ2v) is 9.58. The molecule has 0 aromatic heterocycles. The number of halogens is 6. The second-order valence-electron chi connectivity index (χ2n) is 5.06. The van der Waals surface area contributed by atoms with Crippen molar-refractivity contribution in [3.05, 3.63) is 85.0 Å². The maximum absolute atomic E-state index is 13.8. The van der Waals surface area contributed by atoms with Crippen LogP contribution < -0.4 is 0 Å². The van der Waals surface area contributed by atoms with E-state index in [-0.39, 0.29) is 0 Å². The first-order chi connectivity index (χ1) is 11.8. The Labute approximate surface area is 172 Å². The molecule has 0 fully saturated rings. The summed E-state index contributed by atoms with van der Waals surface area (Å²) < 4.78 is 56.1. The average molecular weight is 587 g/mol. The van der Waals surface area contributed by atoms with Crippen LogP contribution >= 0.6 is 45.2 Å². The largest absolute Gasteiger partial charge is 0.204 e. The van der Waals surface area contributed by atoms with E-state index < -0.39 is 34.2 Å². The molecule has 0 spiro atoms. The van der Waals surface area contributed by atoms with Crippen molar-refractivity contribution in [3.63, 3.8) is 0 Å². The lowest BCUT2D eigenvalue weighted by atomic mass is 10.3. The third-order valence-corrected chi connectivity index (χ3v) is 6.73. The van der Waals surface area contributed by atoms with Crippen molar-refractivity contribution >= 4 is 56.1 Å². The van der Waals surface area contributed by atoms with Gasteiger partial charge in [0.2, 0.25) is 0 Å². The lowest BCUT2D eigenvalue weighted by Crippen LogP contribution is -2.07. The Morgan fingerprint density at radius 2 is 0.960 bits per heavy atom. The van der Waals surface area contributed by atoms with Crippen molar-refractivity contribution in [1.82, 2.24) is 0 Å². The third kappa shape index (κ3) is 4.30. The van der Waals surface area contributed by atoms with Gasteiger partial charge in [0.05, 0.1) is 10.9 Å². The van der Waals surface area contributed by atoms with Crippen molar-refractivity contribution in [2.24, 2.45) is 0 Å². The Kier molecular flexibility index (Phi) is 5.94. The number of rotatable bonds is 3. The van der Waals surface area contributed by atoms with Crippen LogP contribution in [0.5, 0.6) is 0 Å². The maximum atomic E-state index is 13.8. The zero-order valence-corrected chi connectivity index (χ0v) is 17.5. The number of benzene rings is 3. The first-order valence-corrected chi connectivity index (χ1v) is 10.3. The topological polar surface area (TPSA) is 0 Å². The molecule has 3 aromatic rings. The first kappa shape index (κ1) is 19.0. The van der Waals surface area contributed by atoms with E-state index in [0.29, 0.717) is 9.79 Å². The summed E-state index contributed by atoms with van der Waals surface area (Å²) in [6.07, 6.45) is 0. The van der Waals surface area contributed by atoms with E-state index in [9.17, 15) is 17.6 Å². The molecule has 0 radical (unpaired) electrons. The van der Waals surface area contributed by atoms with Gasteiger partial charge >= 0.3 is 0 Å². The predicted octanol–water partition coefficient (Wildman–Crippen LogP) is 6.55. The van der Waals surface area contributed by atoms with Crippen LogP contribution in [0, 0.1) is 30.4 Å². The molecule has 0 nitrogen and oxygen atoms in total. The van der Waals surface area contributed by atoms with E-state index in [1.165, 1.54) is 12.1 Å². The van der Waals surface area contributed by atoms with Gasteiger partial charge in [0.15, 0.2) is 38.0 Å². The highest BCUT2D eigenvalue weighted by atomic mass is 127. The standard InChI is InChI=1S/C18H9F4I2S/c19-15-3-1-12(8-17(15)21)25(13-2-4-16(20)18(22)9-13)14-6-10(23)5-11(24)7-14/h1-9H/q+1. The van der Waals surface area contributed by atoms with Crippen LogP contribution in [0.15, 0.2) is 69.3 Å². The first-order valence-electron chi connectivity index (χ1n) is 6.95. The molecule has 0 amide bonds. The smallest absolute Gasteiger partial charge is 0.169 e. The molecule has 0 aliphatic carbocycles. The lowest BCUT2D eigenvalue weighted by molar-refractivity contribution is 0.505. The molecule has 0 saturated heterocycles. The van der Waals surface area contributed by atoms with Gasteiger partial charge in [0.1, 0.15) is 0 Å². The van der Waals surface area contributed by atoms with Gasteiger partial charge < -0.3 is 0 Å². The highest BCUT2D eigenvalue weighted by Crippen LogP contribution is 2.34. The maximum Gasteiger partial charge on any atom is 0.169 e. The van der Waals surface area contributed by atoms with Gasteiger partial charge in [-0.1, -0.05) is 0 Å². The summed E-state index contributed by atoms with van der Waals surface area (Å²) in [5, 5.41) is 0. The Hall–Kier alpha value is -0.810. The predicted molar refractivity (Wildman–Crippen MR) is 107 cm³/mol. The van der Waals surface area contributed by atoms with Crippen LogP contribution in [0.1, 0.15) is 0 Å². The molecular formula is C18H9F4I2S+. The second kappa shape index (κ2) is 7.83. The fourth-order valence-corrected chi connectivity index (χ4v) is 6.78. The molecule has 7 heteroatoms. The number of hydrogen-bond acceptors (Lipinski definition) is 0. The molecule has 25 heavy (non-hydrogen) atoms. The molecule has 0 bridgehead atoms. The van der Waals surface area contributed by atoms with Crippen LogP contribution in [-0.2, 0) is 10.9 Å². The molecule has 0 aliphatic heterocycles. The van der Waals surface area contributed by atoms with Crippen LogP contribution in [0.2, 0.25) is 0 Å². The minimum Gasteiger partial charge on any atom is -0.204 e. The van der Waals surface area contributed by atoms with Gasteiger partial charge in [-0.3, -0.25) is 0 Å². The summed E-state index contributed by atoms with van der Waals surface area (Å²) in [4.78, 5) is 1.79. The zero-order chi connectivity index (χ0) is 18.1. The van der Waals surface area contributed by atoms with Crippen LogP contribution in [-0.4, -0.2) is 0 Å². The molecule has 0 aliphatic rings. The lowest BCUT2D eigenvalue weighted by Gasteiger charge is -2.10. The van der Waals surface area contributed by atoms with Gasteiger partial charge in [-0.25, -0.2) is 17.6 Å². The van der Waals surface area contributed by atoms with E-state index >= 15 is 0 Å². The summed E-state index contributed by atoms with van der Waals surface area (Å²) in [6.45, 7) is 0. The quantitative estimate of drug-likeness (QED) is 0.186. The van der Waals surface area contributed by atoms with E-state index in [4.69, 9.17) is 0 Å². The molecule has 0 N–H and O–H groups in total. The Morgan fingerprint density at radius 3 is 1.36 bits per heavy atom. The highest BCUT2D eigenvalue weighted by molar-refractivity contribution is 14.1. The van der Waals surface area contributed by atoms with Crippen molar-refractivity contribution in [1.29, 1.82) is 0 Å².